The number of halogens is 3. The third-order valence-corrected chi connectivity index (χ3v) is 3.88. The highest BCUT2D eigenvalue weighted by molar-refractivity contribution is 7.84. The lowest BCUT2D eigenvalue weighted by Crippen LogP contribution is -2.53. The van der Waals surface area contributed by atoms with Crippen LogP contribution in [0, 0.1) is 5.92 Å². The van der Waals surface area contributed by atoms with Gasteiger partial charge in [0.25, 0.3) is 0 Å². The first-order chi connectivity index (χ1) is 7.91. The fourth-order valence-electron chi connectivity index (χ4n) is 1.22. The average Bonchev–Trinajstić information content (AvgIpc) is 2.13. The van der Waals surface area contributed by atoms with Gasteiger partial charge in [0, 0.05) is 0 Å². The predicted octanol–water partition coefficient (Wildman–Crippen LogP) is 2.08. The topological polar surface area (TPSA) is 66.4 Å². The minimum atomic E-state index is -4.76. The zero-order valence-corrected chi connectivity index (χ0v) is 11.5. The summed E-state index contributed by atoms with van der Waals surface area (Å²) in [6.07, 6.45) is -4.96. The van der Waals surface area contributed by atoms with E-state index in [1.807, 2.05) is 4.72 Å². The molecule has 0 saturated heterocycles. The summed E-state index contributed by atoms with van der Waals surface area (Å²) < 4.78 is 51.1. The fourth-order valence-corrected chi connectivity index (χ4v) is 2.10. The second-order valence-electron chi connectivity index (χ2n) is 4.87. The van der Waals surface area contributed by atoms with Crippen molar-refractivity contribution in [3.63, 3.8) is 0 Å². The largest absolute Gasteiger partial charge is 0.481 e. The molecule has 3 atom stereocenters. The molecule has 0 aliphatic carbocycles. The van der Waals surface area contributed by atoms with Gasteiger partial charge in [0.05, 0.1) is 21.7 Å². The molecule has 0 saturated carbocycles. The third kappa shape index (κ3) is 4.93. The molecule has 0 radical (unpaired) electrons. The second kappa shape index (κ2) is 6.01. The fraction of sp³-hybridized carbons (Fsp3) is 0.900. The molecule has 108 valence electrons. The van der Waals surface area contributed by atoms with Gasteiger partial charge < -0.3 is 5.11 Å². The van der Waals surface area contributed by atoms with Crippen LogP contribution in [0.15, 0.2) is 0 Å². The zero-order chi connectivity index (χ0) is 14.7. The first-order valence-electron chi connectivity index (χ1n) is 5.38. The van der Waals surface area contributed by atoms with Crippen molar-refractivity contribution in [3.05, 3.63) is 0 Å². The Hall–Kier alpha value is -0.630. The van der Waals surface area contributed by atoms with Crippen molar-refractivity contribution in [2.75, 3.05) is 0 Å². The minimum absolute atomic E-state index is 0.201. The van der Waals surface area contributed by atoms with E-state index in [0.29, 0.717) is 0 Å². The molecule has 0 spiro atoms. The zero-order valence-electron chi connectivity index (χ0n) is 10.7. The van der Waals surface area contributed by atoms with Crippen molar-refractivity contribution in [1.82, 2.24) is 4.72 Å². The Labute approximate surface area is 107 Å². The van der Waals surface area contributed by atoms with Crippen LogP contribution in [0.1, 0.15) is 34.1 Å². The standard InChI is InChI=1S/C10H18F3NO3S/c1-5-6(8(15)16)7(10(11,12)13)14-18(17)9(2,3)4/h6-7,14H,5H2,1-4H3,(H,15,16)/t6-,7-,18-/m1/s1. The van der Waals surface area contributed by atoms with E-state index in [0.717, 1.165) is 0 Å². The number of carboxylic acid groups (broad SMARTS) is 1. The molecule has 18 heavy (non-hydrogen) atoms. The lowest BCUT2D eigenvalue weighted by atomic mass is 9.97. The van der Waals surface area contributed by atoms with Gasteiger partial charge in [-0.15, -0.1) is 0 Å². The van der Waals surface area contributed by atoms with Crippen LogP contribution < -0.4 is 4.72 Å². The van der Waals surface area contributed by atoms with Crippen molar-refractivity contribution in [3.8, 4) is 0 Å². The van der Waals surface area contributed by atoms with Crippen molar-refractivity contribution in [2.24, 2.45) is 5.92 Å². The first-order valence-corrected chi connectivity index (χ1v) is 6.53. The molecule has 4 nitrogen and oxygen atoms in total. The number of carboxylic acids is 1. The van der Waals surface area contributed by atoms with Crippen molar-refractivity contribution < 1.29 is 27.3 Å². The summed E-state index contributed by atoms with van der Waals surface area (Å²) in [7, 11) is -1.99. The molecule has 0 aromatic rings. The maximum Gasteiger partial charge on any atom is 0.405 e. The van der Waals surface area contributed by atoms with Crippen LogP contribution in [-0.2, 0) is 15.8 Å². The van der Waals surface area contributed by atoms with Gasteiger partial charge in [-0.25, -0.2) is 8.93 Å². The SMILES string of the molecule is CC[C@@H](C(=O)O)[C@@H](N[S@](=O)C(C)(C)C)C(F)(F)F. The lowest BCUT2D eigenvalue weighted by Gasteiger charge is -2.29. The predicted molar refractivity (Wildman–Crippen MR) is 62.3 cm³/mol. The number of hydrogen-bond donors (Lipinski definition) is 2. The Kier molecular flexibility index (Phi) is 5.80. The molecule has 2 N–H and O–H groups in total. The number of hydrogen-bond acceptors (Lipinski definition) is 2. The van der Waals surface area contributed by atoms with E-state index in [1.165, 1.54) is 27.7 Å². The molecule has 0 fully saturated rings. The van der Waals surface area contributed by atoms with Crippen molar-refractivity contribution in [2.45, 2.75) is 51.1 Å². The first kappa shape index (κ1) is 17.4. The van der Waals surface area contributed by atoms with E-state index in [2.05, 4.69) is 0 Å². The molecular formula is C10H18F3NO3S. The molecule has 8 heteroatoms. The quantitative estimate of drug-likeness (QED) is 0.814. The maximum atomic E-state index is 12.8. The smallest absolute Gasteiger partial charge is 0.405 e. The summed E-state index contributed by atoms with van der Waals surface area (Å²) in [6.45, 7) is 5.86. The average molecular weight is 289 g/mol. The van der Waals surface area contributed by atoms with Crippen LogP contribution >= 0.6 is 0 Å². The van der Waals surface area contributed by atoms with Crippen molar-refractivity contribution >= 4 is 17.0 Å². The molecular weight excluding hydrogens is 271 g/mol. The van der Waals surface area contributed by atoms with E-state index in [4.69, 9.17) is 5.11 Å². The van der Waals surface area contributed by atoms with E-state index >= 15 is 0 Å². The summed E-state index contributed by atoms with van der Waals surface area (Å²) >= 11 is 0. The highest BCUT2D eigenvalue weighted by atomic mass is 32.2. The molecule has 0 rings (SSSR count). The highest BCUT2D eigenvalue weighted by Crippen LogP contribution is 2.29. The number of aliphatic carboxylic acids is 1. The molecule has 0 heterocycles. The van der Waals surface area contributed by atoms with Gasteiger partial charge in [-0.3, -0.25) is 4.79 Å². The summed E-state index contributed by atoms with van der Waals surface area (Å²) in [6, 6.07) is -2.32. The maximum absolute atomic E-state index is 12.8. The Morgan fingerprint density at radius 3 is 2.00 bits per heavy atom. The van der Waals surface area contributed by atoms with Crippen LogP contribution in [0.5, 0.6) is 0 Å². The Morgan fingerprint density at radius 2 is 1.78 bits per heavy atom. The summed E-state index contributed by atoms with van der Waals surface area (Å²) in [5, 5.41) is 8.78. The van der Waals surface area contributed by atoms with Crippen LogP contribution in [-0.4, -0.2) is 32.2 Å². The molecule has 0 bridgehead atoms. The summed E-state index contributed by atoms with van der Waals surface area (Å²) in [5.41, 5.74) is 0. The van der Waals surface area contributed by atoms with Gasteiger partial charge in [0.1, 0.15) is 6.04 Å². The molecule has 0 aromatic carbocycles. The van der Waals surface area contributed by atoms with Crippen LogP contribution in [0.4, 0.5) is 13.2 Å². The van der Waals surface area contributed by atoms with Crippen LogP contribution in [0.2, 0.25) is 0 Å². The van der Waals surface area contributed by atoms with Crippen LogP contribution in [0.3, 0.4) is 0 Å². The molecule has 0 unspecified atom stereocenters. The van der Waals surface area contributed by atoms with E-state index < -0.39 is 39.8 Å². The van der Waals surface area contributed by atoms with Gasteiger partial charge in [-0.05, 0) is 27.2 Å². The Morgan fingerprint density at radius 1 is 1.33 bits per heavy atom. The van der Waals surface area contributed by atoms with Crippen molar-refractivity contribution in [1.29, 1.82) is 0 Å². The highest BCUT2D eigenvalue weighted by Gasteiger charge is 2.48. The van der Waals surface area contributed by atoms with E-state index in [1.54, 1.807) is 0 Å². The van der Waals surface area contributed by atoms with Crippen LogP contribution in [0.25, 0.3) is 0 Å². The Balaban J connectivity index is 5.16. The normalized spacial score (nSPS) is 18.2. The number of carbonyl (C=O) groups is 1. The number of rotatable bonds is 5. The van der Waals surface area contributed by atoms with Gasteiger partial charge in [-0.2, -0.15) is 13.2 Å². The third-order valence-electron chi connectivity index (χ3n) is 2.30. The van der Waals surface area contributed by atoms with E-state index in [9.17, 15) is 22.2 Å². The molecule has 0 aromatic heterocycles. The van der Waals surface area contributed by atoms with Gasteiger partial charge in [0.15, 0.2) is 0 Å². The van der Waals surface area contributed by atoms with E-state index in [-0.39, 0.29) is 6.42 Å². The van der Waals surface area contributed by atoms with Gasteiger partial charge in [-0.1, -0.05) is 6.92 Å². The lowest BCUT2D eigenvalue weighted by molar-refractivity contribution is -0.175. The molecule has 0 amide bonds. The minimum Gasteiger partial charge on any atom is -0.481 e. The summed E-state index contributed by atoms with van der Waals surface area (Å²) in [4.78, 5) is 10.8. The summed E-state index contributed by atoms with van der Waals surface area (Å²) in [5.74, 6) is -3.21. The van der Waals surface area contributed by atoms with Gasteiger partial charge >= 0.3 is 12.1 Å². The number of alkyl halides is 3. The van der Waals surface area contributed by atoms with Gasteiger partial charge in [0.2, 0.25) is 0 Å². The molecule has 0 aliphatic rings. The Bertz CT molecular complexity index is 325. The monoisotopic (exact) mass is 289 g/mol. The number of nitrogens with one attached hydrogen (secondary N) is 1. The second-order valence-corrected chi connectivity index (χ2v) is 6.87. The molecule has 0 aliphatic heterocycles.